The molecule has 2 unspecified atom stereocenters. The van der Waals surface area contributed by atoms with Crippen molar-refractivity contribution in [1.82, 2.24) is 9.55 Å². The molecule has 1 aromatic heterocycles. The normalized spacial score (nSPS) is 18.5. The van der Waals surface area contributed by atoms with Crippen LogP contribution in [0.15, 0.2) is 18.2 Å². The van der Waals surface area contributed by atoms with E-state index in [9.17, 15) is 0 Å². The standard InChI is InChI=1S/C15H21N3O/c1-9(10(2)16)15-17-13-8-12(19-3)6-7-14(13)18(15)11-4-5-11/h6-11H,4-5,16H2,1-3H3. The fourth-order valence-corrected chi connectivity index (χ4v) is 2.50. The first-order valence-electron chi connectivity index (χ1n) is 6.93. The maximum absolute atomic E-state index is 6.06. The molecule has 0 spiro atoms. The van der Waals surface area contributed by atoms with Crippen molar-refractivity contribution in [3.63, 3.8) is 0 Å². The lowest BCUT2D eigenvalue weighted by Crippen LogP contribution is -2.25. The van der Waals surface area contributed by atoms with Crippen molar-refractivity contribution < 1.29 is 4.74 Å². The SMILES string of the molecule is COc1ccc2c(c1)nc(C(C)C(C)N)n2C1CC1. The summed E-state index contributed by atoms with van der Waals surface area (Å²) in [4.78, 5) is 4.81. The van der Waals surface area contributed by atoms with Gasteiger partial charge in [-0.3, -0.25) is 0 Å². The molecule has 102 valence electrons. The topological polar surface area (TPSA) is 53.1 Å². The predicted molar refractivity (Wildman–Crippen MR) is 76.6 cm³/mol. The lowest BCUT2D eigenvalue weighted by atomic mass is 10.0. The van der Waals surface area contributed by atoms with E-state index in [1.54, 1.807) is 7.11 Å². The van der Waals surface area contributed by atoms with Gasteiger partial charge in [-0.15, -0.1) is 0 Å². The molecule has 1 aliphatic rings. The van der Waals surface area contributed by atoms with Gasteiger partial charge in [-0.25, -0.2) is 4.98 Å². The summed E-state index contributed by atoms with van der Waals surface area (Å²) in [5.41, 5.74) is 8.27. The minimum Gasteiger partial charge on any atom is -0.497 e. The molecule has 19 heavy (non-hydrogen) atoms. The second-order valence-electron chi connectivity index (χ2n) is 5.57. The summed E-state index contributed by atoms with van der Waals surface area (Å²) in [7, 11) is 1.69. The Balaban J connectivity index is 2.17. The van der Waals surface area contributed by atoms with Crippen LogP contribution in [0.3, 0.4) is 0 Å². The van der Waals surface area contributed by atoms with Gasteiger partial charge >= 0.3 is 0 Å². The second kappa shape index (κ2) is 4.53. The fraction of sp³-hybridized carbons (Fsp3) is 0.533. The smallest absolute Gasteiger partial charge is 0.121 e. The molecule has 2 N–H and O–H groups in total. The van der Waals surface area contributed by atoms with Crippen LogP contribution in [0.5, 0.6) is 5.75 Å². The second-order valence-corrected chi connectivity index (χ2v) is 5.57. The highest BCUT2D eigenvalue weighted by Crippen LogP contribution is 2.41. The highest BCUT2D eigenvalue weighted by molar-refractivity contribution is 5.78. The molecule has 1 aliphatic carbocycles. The molecule has 4 heteroatoms. The number of hydrogen-bond donors (Lipinski definition) is 1. The number of aromatic nitrogens is 2. The van der Waals surface area contributed by atoms with Gasteiger partial charge in [0.05, 0.1) is 18.1 Å². The van der Waals surface area contributed by atoms with Gasteiger partial charge in [-0.1, -0.05) is 6.92 Å². The number of fused-ring (bicyclic) bond motifs is 1. The van der Waals surface area contributed by atoms with Crippen molar-refractivity contribution in [2.24, 2.45) is 5.73 Å². The average molecular weight is 259 g/mol. The third kappa shape index (κ3) is 2.10. The predicted octanol–water partition coefficient (Wildman–Crippen LogP) is 2.83. The third-order valence-electron chi connectivity index (χ3n) is 4.03. The van der Waals surface area contributed by atoms with Crippen LogP contribution in [0.25, 0.3) is 11.0 Å². The van der Waals surface area contributed by atoms with Crippen LogP contribution in [0.2, 0.25) is 0 Å². The first-order chi connectivity index (χ1) is 9.11. The first kappa shape index (κ1) is 12.5. The van der Waals surface area contributed by atoms with Crippen LogP contribution < -0.4 is 10.5 Å². The summed E-state index contributed by atoms with van der Waals surface area (Å²) in [6.45, 7) is 4.20. The van der Waals surface area contributed by atoms with Gasteiger partial charge in [0, 0.05) is 24.1 Å². The van der Waals surface area contributed by atoms with Crippen LogP contribution in [-0.4, -0.2) is 22.7 Å². The zero-order valence-electron chi connectivity index (χ0n) is 11.8. The van der Waals surface area contributed by atoms with Gasteiger partial charge in [0.1, 0.15) is 11.6 Å². The molecule has 0 radical (unpaired) electrons. The highest BCUT2D eigenvalue weighted by atomic mass is 16.5. The van der Waals surface area contributed by atoms with E-state index in [2.05, 4.69) is 17.6 Å². The van der Waals surface area contributed by atoms with Gasteiger partial charge in [-0.05, 0) is 31.9 Å². The number of ether oxygens (including phenoxy) is 1. The van der Waals surface area contributed by atoms with Crippen molar-refractivity contribution in [3.8, 4) is 5.75 Å². The zero-order chi connectivity index (χ0) is 13.6. The van der Waals surface area contributed by atoms with Crippen molar-refractivity contribution >= 4 is 11.0 Å². The summed E-state index contributed by atoms with van der Waals surface area (Å²) in [6.07, 6.45) is 2.49. The van der Waals surface area contributed by atoms with Crippen LogP contribution in [0.4, 0.5) is 0 Å². The van der Waals surface area contributed by atoms with Crippen molar-refractivity contribution in [2.75, 3.05) is 7.11 Å². The minimum atomic E-state index is 0.108. The molecular formula is C15H21N3O. The molecule has 1 aromatic carbocycles. The number of methoxy groups -OCH3 is 1. The van der Waals surface area contributed by atoms with Gasteiger partial charge < -0.3 is 15.0 Å². The Hall–Kier alpha value is -1.55. The van der Waals surface area contributed by atoms with Crippen LogP contribution >= 0.6 is 0 Å². The maximum atomic E-state index is 6.06. The Labute approximate surface area is 113 Å². The number of benzene rings is 1. The Morgan fingerprint density at radius 2 is 2.11 bits per heavy atom. The zero-order valence-corrected chi connectivity index (χ0v) is 11.8. The quantitative estimate of drug-likeness (QED) is 0.918. The minimum absolute atomic E-state index is 0.108. The number of nitrogens with zero attached hydrogens (tertiary/aromatic N) is 2. The van der Waals surface area contributed by atoms with E-state index in [0.717, 1.165) is 17.1 Å². The molecule has 0 saturated heterocycles. The van der Waals surface area contributed by atoms with Crippen LogP contribution in [0, 0.1) is 0 Å². The molecule has 0 amide bonds. The van der Waals surface area contributed by atoms with Crippen molar-refractivity contribution in [2.45, 2.75) is 44.7 Å². The van der Waals surface area contributed by atoms with Crippen LogP contribution in [0.1, 0.15) is 44.5 Å². The molecule has 2 aromatic rings. The molecule has 1 fully saturated rings. The molecule has 0 aliphatic heterocycles. The van der Waals surface area contributed by atoms with E-state index in [0.29, 0.717) is 6.04 Å². The van der Waals surface area contributed by atoms with E-state index < -0.39 is 0 Å². The Bertz CT molecular complexity index is 599. The Morgan fingerprint density at radius 1 is 1.37 bits per heavy atom. The van der Waals surface area contributed by atoms with E-state index in [-0.39, 0.29) is 12.0 Å². The first-order valence-corrected chi connectivity index (χ1v) is 6.93. The van der Waals surface area contributed by atoms with Gasteiger partial charge in [0.2, 0.25) is 0 Å². The molecule has 2 atom stereocenters. The van der Waals surface area contributed by atoms with E-state index in [1.807, 2.05) is 19.1 Å². The number of nitrogens with two attached hydrogens (primary N) is 1. The summed E-state index contributed by atoms with van der Waals surface area (Å²) in [5.74, 6) is 2.23. The van der Waals surface area contributed by atoms with Crippen molar-refractivity contribution in [3.05, 3.63) is 24.0 Å². The van der Waals surface area contributed by atoms with Gasteiger partial charge in [0.15, 0.2) is 0 Å². The Kier molecular flexibility index (Phi) is 2.97. The summed E-state index contributed by atoms with van der Waals surface area (Å²) in [6, 6.07) is 6.83. The summed E-state index contributed by atoms with van der Waals surface area (Å²) in [5, 5.41) is 0. The highest BCUT2D eigenvalue weighted by Gasteiger charge is 2.30. The summed E-state index contributed by atoms with van der Waals surface area (Å²) >= 11 is 0. The van der Waals surface area contributed by atoms with E-state index >= 15 is 0 Å². The molecule has 3 rings (SSSR count). The van der Waals surface area contributed by atoms with E-state index in [1.165, 1.54) is 18.4 Å². The van der Waals surface area contributed by atoms with Gasteiger partial charge in [0.25, 0.3) is 0 Å². The molecule has 4 nitrogen and oxygen atoms in total. The Morgan fingerprint density at radius 3 is 2.68 bits per heavy atom. The molecule has 0 bridgehead atoms. The molecule has 1 saturated carbocycles. The fourth-order valence-electron chi connectivity index (χ4n) is 2.50. The number of rotatable bonds is 4. The van der Waals surface area contributed by atoms with Crippen molar-refractivity contribution in [1.29, 1.82) is 0 Å². The summed E-state index contributed by atoms with van der Waals surface area (Å²) < 4.78 is 7.66. The van der Waals surface area contributed by atoms with Gasteiger partial charge in [-0.2, -0.15) is 0 Å². The maximum Gasteiger partial charge on any atom is 0.121 e. The number of imidazole rings is 1. The lowest BCUT2D eigenvalue weighted by Gasteiger charge is -2.17. The number of hydrogen-bond acceptors (Lipinski definition) is 3. The molecular weight excluding hydrogens is 238 g/mol. The monoisotopic (exact) mass is 259 g/mol. The van der Waals surface area contributed by atoms with E-state index in [4.69, 9.17) is 15.5 Å². The largest absolute Gasteiger partial charge is 0.497 e. The third-order valence-corrected chi connectivity index (χ3v) is 4.03. The molecule has 1 heterocycles. The lowest BCUT2D eigenvalue weighted by molar-refractivity contribution is 0.415. The average Bonchev–Trinajstić information content (AvgIpc) is 3.17. The van der Waals surface area contributed by atoms with Crippen LogP contribution in [-0.2, 0) is 0 Å².